The summed E-state index contributed by atoms with van der Waals surface area (Å²) in [6.07, 6.45) is 0. The van der Waals surface area contributed by atoms with E-state index in [1.807, 2.05) is 36.4 Å². The fraction of sp³-hybridized carbons (Fsp3) is 0.235. The van der Waals surface area contributed by atoms with Crippen molar-refractivity contribution >= 4 is 34.0 Å². The number of nitrogens with zero attached hydrogens (tertiary/aromatic N) is 1. The van der Waals surface area contributed by atoms with Crippen LogP contribution >= 0.6 is 23.7 Å². The van der Waals surface area contributed by atoms with E-state index in [9.17, 15) is 0 Å². The van der Waals surface area contributed by atoms with Gasteiger partial charge in [0.2, 0.25) is 0 Å². The number of rotatable bonds is 6. The highest BCUT2D eigenvalue weighted by Gasteiger charge is 2.06. The predicted molar refractivity (Wildman–Crippen MR) is 97.0 cm³/mol. The normalized spacial score (nSPS) is 10.3. The molecule has 0 atom stereocenters. The molecule has 0 fully saturated rings. The number of hydrogen-bond donors (Lipinski definition) is 1. The van der Waals surface area contributed by atoms with Crippen LogP contribution in [0.4, 0.5) is 0 Å². The van der Waals surface area contributed by atoms with Crippen molar-refractivity contribution in [3.8, 4) is 11.5 Å². The van der Waals surface area contributed by atoms with E-state index in [1.54, 1.807) is 25.6 Å². The average Bonchev–Trinajstić information content (AvgIpc) is 2.97. The summed E-state index contributed by atoms with van der Waals surface area (Å²) in [7, 11) is 3.35. The highest BCUT2D eigenvalue weighted by molar-refractivity contribution is 7.18. The molecule has 0 aliphatic heterocycles. The van der Waals surface area contributed by atoms with Crippen molar-refractivity contribution in [2.45, 2.75) is 13.1 Å². The Morgan fingerprint density at radius 1 is 1.04 bits per heavy atom. The van der Waals surface area contributed by atoms with Crippen LogP contribution in [0, 0.1) is 0 Å². The zero-order valence-corrected chi connectivity index (χ0v) is 14.7. The predicted octanol–water partition coefficient (Wildman–Crippen LogP) is 4.03. The maximum absolute atomic E-state index is 5.39. The van der Waals surface area contributed by atoms with Crippen molar-refractivity contribution in [3.63, 3.8) is 0 Å². The van der Waals surface area contributed by atoms with E-state index in [0.717, 1.165) is 34.1 Å². The minimum atomic E-state index is 0. The number of para-hydroxylation sites is 1. The molecule has 0 bridgehead atoms. The van der Waals surface area contributed by atoms with Crippen molar-refractivity contribution < 1.29 is 9.47 Å². The Kier molecular flexibility index (Phi) is 6.21. The van der Waals surface area contributed by atoms with E-state index >= 15 is 0 Å². The first-order valence-corrected chi connectivity index (χ1v) is 7.88. The van der Waals surface area contributed by atoms with Crippen molar-refractivity contribution in [1.29, 1.82) is 0 Å². The van der Waals surface area contributed by atoms with Crippen molar-refractivity contribution in [2.75, 3.05) is 14.2 Å². The second-order valence-electron chi connectivity index (χ2n) is 4.86. The number of benzene rings is 2. The number of aromatic nitrogens is 1. The summed E-state index contributed by atoms with van der Waals surface area (Å²) in [5.41, 5.74) is 2.13. The van der Waals surface area contributed by atoms with Gasteiger partial charge >= 0.3 is 0 Å². The lowest BCUT2D eigenvalue weighted by Gasteiger charge is -2.10. The zero-order valence-electron chi connectivity index (χ0n) is 13.0. The van der Waals surface area contributed by atoms with Gasteiger partial charge in [-0.3, -0.25) is 0 Å². The molecule has 1 aromatic heterocycles. The molecule has 4 nitrogen and oxygen atoms in total. The van der Waals surface area contributed by atoms with Crippen LogP contribution in [0.5, 0.6) is 11.5 Å². The minimum Gasteiger partial charge on any atom is -0.497 e. The van der Waals surface area contributed by atoms with Gasteiger partial charge in [-0.05, 0) is 30.3 Å². The third-order valence-corrected chi connectivity index (χ3v) is 4.45. The summed E-state index contributed by atoms with van der Waals surface area (Å²) in [6.45, 7) is 1.44. The van der Waals surface area contributed by atoms with Gasteiger partial charge in [0.15, 0.2) is 0 Å². The Balaban J connectivity index is 0.00000192. The Morgan fingerprint density at radius 3 is 2.61 bits per heavy atom. The topological polar surface area (TPSA) is 43.4 Å². The quantitative estimate of drug-likeness (QED) is 0.729. The number of thiazole rings is 1. The van der Waals surface area contributed by atoms with Gasteiger partial charge in [-0.1, -0.05) is 12.1 Å². The maximum Gasteiger partial charge on any atom is 0.123 e. The fourth-order valence-electron chi connectivity index (χ4n) is 2.32. The molecule has 0 amide bonds. The van der Waals surface area contributed by atoms with Crippen LogP contribution in [-0.2, 0) is 13.1 Å². The van der Waals surface area contributed by atoms with E-state index in [4.69, 9.17) is 9.47 Å². The molecule has 0 saturated carbocycles. The van der Waals surface area contributed by atoms with E-state index < -0.39 is 0 Å². The first-order valence-electron chi connectivity index (χ1n) is 7.06. The van der Waals surface area contributed by atoms with Crippen LogP contribution in [-0.4, -0.2) is 19.2 Å². The Bertz CT molecular complexity index is 743. The molecule has 122 valence electrons. The standard InChI is InChI=1S/C17H18N2O2S.ClH/c1-20-13-7-8-15(21-2)12(9-13)10-18-11-17-19-14-5-3-4-6-16(14)22-17;/h3-9,18H,10-11H2,1-2H3;1H. The third kappa shape index (κ3) is 4.13. The number of nitrogens with one attached hydrogen (secondary N) is 1. The second-order valence-corrected chi connectivity index (χ2v) is 5.97. The first-order chi connectivity index (χ1) is 10.8. The molecule has 0 radical (unpaired) electrons. The average molecular weight is 351 g/mol. The Hall–Kier alpha value is -1.82. The number of halogens is 1. The SMILES string of the molecule is COc1ccc(OC)c(CNCc2nc3ccccc3s2)c1.Cl. The molecule has 3 aromatic rings. The molecule has 0 unspecified atom stereocenters. The van der Waals surface area contributed by atoms with Crippen molar-refractivity contribution in [1.82, 2.24) is 10.3 Å². The van der Waals surface area contributed by atoms with Gasteiger partial charge in [0.05, 0.1) is 24.4 Å². The fourth-order valence-corrected chi connectivity index (χ4v) is 3.26. The Morgan fingerprint density at radius 2 is 1.87 bits per heavy atom. The summed E-state index contributed by atoms with van der Waals surface area (Å²) >= 11 is 1.72. The molecular formula is C17H19ClN2O2S. The molecule has 23 heavy (non-hydrogen) atoms. The molecule has 6 heteroatoms. The summed E-state index contributed by atoms with van der Waals surface area (Å²) in [6, 6.07) is 14.0. The van der Waals surface area contributed by atoms with Crippen LogP contribution < -0.4 is 14.8 Å². The number of methoxy groups -OCH3 is 2. The number of fused-ring (bicyclic) bond motifs is 1. The van der Waals surface area contributed by atoms with Crippen molar-refractivity contribution in [2.24, 2.45) is 0 Å². The summed E-state index contributed by atoms with van der Waals surface area (Å²) < 4.78 is 11.9. The van der Waals surface area contributed by atoms with Gasteiger partial charge in [-0.2, -0.15) is 0 Å². The highest BCUT2D eigenvalue weighted by atomic mass is 35.5. The Labute approximate surface area is 145 Å². The van der Waals surface area contributed by atoms with Gasteiger partial charge < -0.3 is 14.8 Å². The van der Waals surface area contributed by atoms with E-state index in [-0.39, 0.29) is 12.4 Å². The second kappa shape index (κ2) is 8.15. The highest BCUT2D eigenvalue weighted by Crippen LogP contribution is 2.24. The van der Waals surface area contributed by atoms with Gasteiger partial charge in [0.1, 0.15) is 16.5 Å². The van der Waals surface area contributed by atoms with Crippen LogP contribution in [0.3, 0.4) is 0 Å². The number of ether oxygens (including phenoxy) is 2. The lowest BCUT2D eigenvalue weighted by molar-refractivity contribution is 0.397. The summed E-state index contributed by atoms with van der Waals surface area (Å²) in [4.78, 5) is 4.62. The lowest BCUT2D eigenvalue weighted by atomic mass is 10.2. The molecule has 3 rings (SSSR count). The third-order valence-electron chi connectivity index (χ3n) is 3.42. The monoisotopic (exact) mass is 350 g/mol. The smallest absolute Gasteiger partial charge is 0.123 e. The maximum atomic E-state index is 5.39. The lowest BCUT2D eigenvalue weighted by Crippen LogP contribution is -2.13. The van der Waals surface area contributed by atoms with Gasteiger partial charge in [0, 0.05) is 18.7 Å². The van der Waals surface area contributed by atoms with Crippen LogP contribution in [0.15, 0.2) is 42.5 Å². The van der Waals surface area contributed by atoms with Gasteiger partial charge in [-0.25, -0.2) is 4.98 Å². The summed E-state index contributed by atoms with van der Waals surface area (Å²) in [5.74, 6) is 1.69. The van der Waals surface area contributed by atoms with Gasteiger partial charge in [-0.15, -0.1) is 23.7 Å². The zero-order chi connectivity index (χ0) is 15.4. The van der Waals surface area contributed by atoms with E-state index in [1.165, 1.54) is 4.70 Å². The number of hydrogen-bond acceptors (Lipinski definition) is 5. The van der Waals surface area contributed by atoms with Gasteiger partial charge in [0.25, 0.3) is 0 Å². The molecule has 1 heterocycles. The molecule has 0 aliphatic rings. The van der Waals surface area contributed by atoms with Crippen LogP contribution in [0.25, 0.3) is 10.2 Å². The summed E-state index contributed by atoms with van der Waals surface area (Å²) in [5, 5.41) is 4.50. The van der Waals surface area contributed by atoms with Crippen LogP contribution in [0.2, 0.25) is 0 Å². The van der Waals surface area contributed by atoms with E-state index in [0.29, 0.717) is 6.54 Å². The minimum absolute atomic E-state index is 0. The van der Waals surface area contributed by atoms with E-state index in [2.05, 4.69) is 16.4 Å². The molecule has 0 spiro atoms. The van der Waals surface area contributed by atoms with Crippen molar-refractivity contribution in [3.05, 3.63) is 53.0 Å². The molecule has 2 aromatic carbocycles. The molecule has 0 saturated heterocycles. The first kappa shape index (κ1) is 17.5. The molecule has 0 aliphatic carbocycles. The molecular weight excluding hydrogens is 332 g/mol. The largest absolute Gasteiger partial charge is 0.497 e. The van der Waals surface area contributed by atoms with Crippen LogP contribution in [0.1, 0.15) is 10.6 Å². The molecule has 1 N–H and O–H groups in total.